The molecule has 0 aliphatic heterocycles. The third-order valence-corrected chi connectivity index (χ3v) is 12.4. The SMILES string of the molecule is CC(=O)O[C@H]1CC[C@]2(C)C3=C(CC[C@H]2C1(C)C)[C@]1(C)CC[C@H]([C@@H](C)[C@@H](CC=C(C)C)OC(C)=O)[C@@]1(C)CC3. The molecule has 0 aromatic heterocycles. The minimum Gasteiger partial charge on any atom is -0.462 e. The van der Waals surface area contributed by atoms with Crippen LogP contribution in [0, 0.1) is 39.4 Å². The molecule has 0 amide bonds. The molecule has 0 aromatic rings. The lowest BCUT2D eigenvalue weighted by molar-refractivity contribution is -0.167. The van der Waals surface area contributed by atoms with Gasteiger partial charge in [0.05, 0.1) is 0 Å². The van der Waals surface area contributed by atoms with Gasteiger partial charge in [0.1, 0.15) is 12.2 Å². The minimum absolute atomic E-state index is 0.0143. The number of rotatable bonds is 6. The van der Waals surface area contributed by atoms with Crippen molar-refractivity contribution >= 4 is 11.9 Å². The molecule has 214 valence electrons. The van der Waals surface area contributed by atoms with Gasteiger partial charge >= 0.3 is 11.9 Å². The Morgan fingerprint density at radius 3 is 2.18 bits per heavy atom. The van der Waals surface area contributed by atoms with Gasteiger partial charge in [-0.05, 0) is 99.2 Å². The maximum Gasteiger partial charge on any atom is 0.302 e. The molecule has 0 heterocycles. The molecule has 38 heavy (non-hydrogen) atoms. The van der Waals surface area contributed by atoms with Gasteiger partial charge in [-0.3, -0.25) is 9.59 Å². The molecular formula is C34H54O4. The first-order valence-electron chi connectivity index (χ1n) is 15.3. The third-order valence-electron chi connectivity index (χ3n) is 12.4. The summed E-state index contributed by atoms with van der Waals surface area (Å²) in [6.07, 6.45) is 12.2. The molecule has 4 heteroatoms. The molecule has 4 aliphatic rings. The Labute approximate surface area is 232 Å². The molecule has 2 fully saturated rings. The highest BCUT2D eigenvalue weighted by Gasteiger charge is 2.64. The Bertz CT molecular complexity index is 1020. The van der Waals surface area contributed by atoms with E-state index in [0.717, 1.165) is 19.3 Å². The number of fused-ring (bicyclic) bond motifs is 4. The summed E-state index contributed by atoms with van der Waals surface area (Å²) in [4.78, 5) is 23.9. The van der Waals surface area contributed by atoms with Crippen molar-refractivity contribution in [2.24, 2.45) is 39.4 Å². The van der Waals surface area contributed by atoms with Gasteiger partial charge in [-0.1, -0.05) is 64.3 Å². The summed E-state index contributed by atoms with van der Waals surface area (Å²) in [6.45, 7) is 22.1. The Balaban J connectivity index is 1.66. The fourth-order valence-corrected chi connectivity index (χ4v) is 10.2. The van der Waals surface area contributed by atoms with Crippen molar-refractivity contribution in [2.75, 3.05) is 0 Å². The fourth-order valence-electron chi connectivity index (χ4n) is 10.2. The number of ether oxygens (including phenoxy) is 2. The van der Waals surface area contributed by atoms with E-state index in [-0.39, 0.29) is 45.8 Å². The van der Waals surface area contributed by atoms with Crippen LogP contribution < -0.4 is 0 Å². The number of carbonyl (C=O) groups is 2. The van der Waals surface area contributed by atoms with Crippen LogP contribution in [0.2, 0.25) is 0 Å². The molecule has 4 rings (SSSR count). The van der Waals surface area contributed by atoms with E-state index in [9.17, 15) is 9.59 Å². The molecule has 0 N–H and O–H groups in total. The standard InChI is InChI=1S/C34H54O4/c1-21(2)11-13-28(37-23(4)35)22(3)25-15-19-34(10)27-12-14-29-31(6,7)30(38-24(5)36)17-18-32(29,8)26(27)16-20-33(25,34)9/h11,22,25,28-30H,12-20H2,1-10H3/t22-,25-,28-,29+,30+,32-,33-,34+/m1/s1. The average Bonchev–Trinajstić information content (AvgIpc) is 3.09. The quantitative estimate of drug-likeness (QED) is 0.257. The van der Waals surface area contributed by atoms with E-state index in [4.69, 9.17) is 9.47 Å². The summed E-state index contributed by atoms with van der Waals surface area (Å²) < 4.78 is 11.8. The van der Waals surface area contributed by atoms with Crippen molar-refractivity contribution in [2.45, 2.75) is 139 Å². The smallest absolute Gasteiger partial charge is 0.302 e. The first-order valence-corrected chi connectivity index (χ1v) is 15.3. The van der Waals surface area contributed by atoms with Gasteiger partial charge in [-0.2, -0.15) is 0 Å². The Morgan fingerprint density at radius 1 is 0.895 bits per heavy atom. The molecule has 4 aliphatic carbocycles. The number of hydrogen-bond acceptors (Lipinski definition) is 4. The predicted molar refractivity (Wildman–Crippen MR) is 153 cm³/mol. The Hall–Kier alpha value is -1.58. The van der Waals surface area contributed by atoms with Crippen molar-refractivity contribution in [3.63, 3.8) is 0 Å². The van der Waals surface area contributed by atoms with Gasteiger partial charge in [-0.15, -0.1) is 0 Å². The van der Waals surface area contributed by atoms with E-state index >= 15 is 0 Å². The zero-order valence-corrected chi connectivity index (χ0v) is 26.0. The fraction of sp³-hybridized carbons (Fsp3) is 0.824. The van der Waals surface area contributed by atoms with Crippen molar-refractivity contribution in [1.29, 1.82) is 0 Å². The average molecular weight is 527 g/mol. The lowest BCUT2D eigenvalue weighted by atomic mass is 9.43. The topological polar surface area (TPSA) is 52.6 Å². The van der Waals surface area contributed by atoms with Crippen LogP contribution >= 0.6 is 0 Å². The van der Waals surface area contributed by atoms with Crippen LogP contribution in [0.5, 0.6) is 0 Å². The number of hydrogen-bond donors (Lipinski definition) is 0. The molecule has 4 nitrogen and oxygen atoms in total. The largest absolute Gasteiger partial charge is 0.462 e. The van der Waals surface area contributed by atoms with Gasteiger partial charge in [0.2, 0.25) is 0 Å². The maximum atomic E-state index is 12.1. The van der Waals surface area contributed by atoms with E-state index < -0.39 is 0 Å². The summed E-state index contributed by atoms with van der Waals surface area (Å²) in [5, 5.41) is 0. The zero-order valence-electron chi connectivity index (χ0n) is 26.0. The van der Waals surface area contributed by atoms with Crippen LogP contribution in [0.1, 0.15) is 127 Å². The van der Waals surface area contributed by atoms with Gasteiger partial charge < -0.3 is 9.47 Å². The first kappa shape index (κ1) is 29.4. The van der Waals surface area contributed by atoms with Gasteiger partial charge in [0, 0.05) is 25.7 Å². The minimum atomic E-state index is -0.165. The maximum absolute atomic E-state index is 12.1. The van der Waals surface area contributed by atoms with E-state index in [2.05, 4.69) is 61.5 Å². The highest BCUT2D eigenvalue weighted by Crippen LogP contribution is 2.72. The summed E-state index contributed by atoms with van der Waals surface area (Å²) in [6, 6.07) is 0. The van der Waals surface area contributed by atoms with Crippen LogP contribution in [0.15, 0.2) is 22.8 Å². The van der Waals surface area contributed by atoms with E-state index in [1.165, 1.54) is 44.1 Å². The molecule has 0 saturated heterocycles. The van der Waals surface area contributed by atoms with Crippen LogP contribution in [0.4, 0.5) is 0 Å². The molecular weight excluding hydrogens is 472 g/mol. The highest BCUT2D eigenvalue weighted by atomic mass is 16.5. The van der Waals surface area contributed by atoms with Crippen molar-refractivity contribution < 1.29 is 19.1 Å². The molecule has 0 bridgehead atoms. The molecule has 0 spiro atoms. The molecule has 8 atom stereocenters. The molecule has 0 unspecified atom stereocenters. The van der Waals surface area contributed by atoms with Crippen molar-refractivity contribution in [1.82, 2.24) is 0 Å². The van der Waals surface area contributed by atoms with E-state index in [1.807, 2.05) is 0 Å². The summed E-state index contributed by atoms with van der Waals surface area (Å²) >= 11 is 0. The summed E-state index contributed by atoms with van der Waals surface area (Å²) in [5.41, 5.74) is 5.36. The lowest BCUT2D eigenvalue weighted by Gasteiger charge is -2.62. The predicted octanol–water partition coefficient (Wildman–Crippen LogP) is 8.59. The van der Waals surface area contributed by atoms with Gasteiger partial charge in [0.15, 0.2) is 0 Å². The lowest BCUT2D eigenvalue weighted by Crippen LogP contribution is -2.56. The monoisotopic (exact) mass is 526 g/mol. The number of carbonyl (C=O) groups excluding carboxylic acids is 2. The number of esters is 2. The molecule has 2 saturated carbocycles. The zero-order chi connectivity index (χ0) is 28.3. The van der Waals surface area contributed by atoms with Crippen LogP contribution in [-0.4, -0.2) is 24.1 Å². The Morgan fingerprint density at radius 2 is 1.58 bits per heavy atom. The van der Waals surface area contributed by atoms with E-state index in [1.54, 1.807) is 25.0 Å². The Kier molecular flexibility index (Phi) is 7.82. The summed E-state index contributed by atoms with van der Waals surface area (Å²) in [5.74, 6) is 1.09. The highest BCUT2D eigenvalue weighted by molar-refractivity contribution is 5.66. The van der Waals surface area contributed by atoms with Crippen molar-refractivity contribution in [3.05, 3.63) is 22.8 Å². The van der Waals surface area contributed by atoms with Crippen LogP contribution in [0.25, 0.3) is 0 Å². The number of allylic oxidation sites excluding steroid dienone is 3. The van der Waals surface area contributed by atoms with E-state index in [0.29, 0.717) is 17.8 Å². The second-order valence-electron chi connectivity index (χ2n) is 14.8. The van der Waals surface area contributed by atoms with Crippen LogP contribution in [0.3, 0.4) is 0 Å². The molecule has 0 radical (unpaired) electrons. The molecule has 0 aromatic carbocycles. The first-order chi connectivity index (χ1) is 17.6. The normalized spacial score (nSPS) is 39.3. The van der Waals surface area contributed by atoms with Gasteiger partial charge in [-0.25, -0.2) is 0 Å². The second-order valence-corrected chi connectivity index (χ2v) is 14.8. The van der Waals surface area contributed by atoms with Gasteiger partial charge in [0.25, 0.3) is 0 Å². The third kappa shape index (κ3) is 4.60. The van der Waals surface area contributed by atoms with Crippen LogP contribution in [-0.2, 0) is 19.1 Å². The summed E-state index contributed by atoms with van der Waals surface area (Å²) in [7, 11) is 0. The van der Waals surface area contributed by atoms with Crippen molar-refractivity contribution in [3.8, 4) is 0 Å². The second kappa shape index (κ2) is 10.1.